The Labute approximate surface area is 175 Å². The molecule has 0 saturated carbocycles. The van der Waals surface area contributed by atoms with Gasteiger partial charge in [0.1, 0.15) is 4.99 Å². The van der Waals surface area contributed by atoms with Gasteiger partial charge in [-0.05, 0) is 23.6 Å². The number of ether oxygens (including phenoxy) is 1. The predicted molar refractivity (Wildman–Crippen MR) is 115 cm³/mol. The summed E-state index contributed by atoms with van der Waals surface area (Å²) in [5, 5.41) is 2.89. The maximum atomic E-state index is 14.7. The number of amides is 1. The van der Waals surface area contributed by atoms with Gasteiger partial charge in [0.05, 0.1) is 24.4 Å². The lowest BCUT2D eigenvalue weighted by Crippen LogP contribution is -2.48. The summed E-state index contributed by atoms with van der Waals surface area (Å²) < 4.78 is 19.3. The molecule has 29 heavy (non-hydrogen) atoms. The third kappa shape index (κ3) is 5.60. The second-order valence-corrected chi connectivity index (χ2v) is 7.41. The first-order chi connectivity index (χ1) is 13.8. The molecule has 1 amide bonds. The molecular weight excluding hydrogens is 391 g/mol. The summed E-state index contributed by atoms with van der Waals surface area (Å²) in [5.74, 6) is -1.68. The Hall–Kier alpha value is -2.80. The fraction of sp³-hybridized carbons (Fsp3) is 0.318. The number of esters is 1. The van der Waals surface area contributed by atoms with E-state index in [1.165, 1.54) is 32.2 Å². The van der Waals surface area contributed by atoms with E-state index in [-0.39, 0.29) is 23.1 Å². The molecule has 0 spiro atoms. The van der Waals surface area contributed by atoms with Crippen molar-refractivity contribution in [1.82, 2.24) is 4.90 Å². The summed E-state index contributed by atoms with van der Waals surface area (Å²) >= 11 is 5.55. The number of nitrogens with one attached hydrogen (secondary N) is 1. The lowest BCUT2D eigenvalue weighted by atomic mass is 10.0. The number of carbonyl (C=O) groups is 2. The number of thiocarbonyl (C=S) groups is 1. The molecule has 154 valence electrons. The van der Waals surface area contributed by atoms with E-state index in [0.717, 1.165) is 5.56 Å². The summed E-state index contributed by atoms with van der Waals surface area (Å²) in [5.41, 5.74) is 0.843. The van der Waals surface area contributed by atoms with Gasteiger partial charge in [0.2, 0.25) is 5.91 Å². The molecule has 7 heteroatoms. The maximum Gasteiger partial charge on any atom is 0.340 e. The minimum absolute atomic E-state index is 0.0190. The zero-order valence-electron chi connectivity index (χ0n) is 16.9. The molecule has 1 unspecified atom stereocenters. The van der Waals surface area contributed by atoms with Crippen molar-refractivity contribution >= 4 is 34.8 Å². The van der Waals surface area contributed by atoms with Crippen molar-refractivity contribution in [3.05, 3.63) is 65.5 Å². The minimum Gasteiger partial charge on any atom is -0.465 e. The Bertz CT molecular complexity index is 887. The Balaban J connectivity index is 2.31. The highest BCUT2D eigenvalue weighted by Gasteiger charge is 2.29. The van der Waals surface area contributed by atoms with Crippen molar-refractivity contribution in [1.29, 1.82) is 0 Å². The SMILES string of the molecule is COC(=O)c1cccc(NC(=S)C(C(C)C)N(Cc2ccccc2)C(C)=O)c1F. The van der Waals surface area contributed by atoms with Crippen LogP contribution in [0.4, 0.5) is 10.1 Å². The molecule has 0 heterocycles. The van der Waals surface area contributed by atoms with E-state index in [9.17, 15) is 14.0 Å². The molecule has 2 aromatic rings. The fourth-order valence-corrected chi connectivity index (χ4v) is 3.60. The molecule has 0 fully saturated rings. The molecule has 5 nitrogen and oxygen atoms in total. The highest BCUT2D eigenvalue weighted by molar-refractivity contribution is 7.80. The summed E-state index contributed by atoms with van der Waals surface area (Å²) in [6, 6.07) is 13.5. The number of carbonyl (C=O) groups excluding carboxylic acids is 2. The van der Waals surface area contributed by atoms with Crippen molar-refractivity contribution in [3.63, 3.8) is 0 Å². The molecule has 0 saturated heterocycles. The van der Waals surface area contributed by atoms with E-state index in [1.54, 1.807) is 4.90 Å². The molecule has 0 bridgehead atoms. The van der Waals surface area contributed by atoms with Gasteiger partial charge in [-0.2, -0.15) is 0 Å². The van der Waals surface area contributed by atoms with Gasteiger partial charge in [0.25, 0.3) is 0 Å². The molecule has 0 aliphatic rings. The second kappa shape index (κ2) is 10.1. The molecule has 2 rings (SSSR count). The molecule has 1 atom stereocenters. The molecular formula is C22H25FN2O3S. The van der Waals surface area contributed by atoms with Gasteiger partial charge in [-0.15, -0.1) is 0 Å². The van der Waals surface area contributed by atoms with Crippen LogP contribution in [0, 0.1) is 11.7 Å². The van der Waals surface area contributed by atoms with Crippen LogP contribution in [0.2, 0.25) is 0 Å². The highest BCUT2D eigenvalue weighted by atomic mass is 32.1. The quantitative estimate of drug-likeness (QED) is 0.535. The van der Waals surface area contributed by atoms with Crippen molar-refractivity contribution in [2.75, 3.05) is 12.4 Å². The van der Waals surface area contributed by atoms with Crippen molar-refractivity contribution in [2.24, 2.45) is 5.92 Å². The van der Waals surface area contributed by atoms with Gasteiger partial charge in [0, 0.05) is 13.5 Å². The average Bonchev–Trinajstić information content (AvgIpc) is 2.69. The Morgan fingerprint density at radius 2 is 1.79 bits per heavy atom. The van der Waals surface area contributed by atoms with Gasteiger partial charge in [-0.3, -0.25) is 4.79 Å². The number of nitrogens with zero attached hydrogens (tertiary/aromatic N) is 1. The van der Waals surface area contributed by atoms with Crippen LogP contribution in [0.1, 0.15) is 36.7 Å². The van der Waals surface area contributed by atoms with Crippen molar-refractivity contribution in [3.8, 4) is 0 Å². The molecule has 0 aromatic heterocycles. The first kappa shape index (κ1) is 22.5. The molecule has 0 aliphatic carbocycles. The summed E-state index contributed by atoms with van der Waals surface area (Å²) in [6.07, 6.45) is 0. The van der Waals surface area contributed by atoms with Gasteiger partial charge in [0.15, 0.2) is 5.82 Å². The van der Waals surface area contributed by atoms with Gasteiger partial charge in [-0.25, -0.2) is 9.18 Å². The molecule has 1 N–H and O–H groups in total. The van der Waals surface area contributed by atoms with Crippen LogP contribution in [0.5, 0.6) is 0 Å². The largest absolute Gasteiger partial charge is 0.465 e. The van der Waals surface area contributed by atoms with Crippen LogP contribution in [0.3, 0.4) is 0 Å². The second-order valence-electron chi connectivity index (χ2n) is 6.97. The summed E-state index contributed by atoms with van der Waals surface area (Å²) in [4.78, 5) is 26.1. The molecule has 2 aromatic carbocycles. The third-order valence-electron chi connectivity index (χ3n) is 4.50. The van der Waals surface area contributed by atoms with Crippen molar-refractivity contribution < 1.29 is 18.7 Å². The zero-order chi connectivity index (χ0) is 21.6. The third-order valence-corrected chi connectivity index (χ3v) is 4.84. The molecule has 0 aliphatic heterocycles. The number of hydrogen-bond donors (Lipinski definition) is 1. The number of halogens is 1. The van der Waals surface area contributed by atoms with E-state index >= 15 is 0 Å². The maximum absolute atomic E-state index is 14.7. The number of rotatable bonds is 7. The van der Waals surface area contributed by atoms with Crippen LogP contribution in [-0.2, 0) is 16.1 Å². The van der Waals surface area contributed by atoms with Crippen LogP contribution in [0.15, 0.2) is 48.5 Å². The number of hydrogen-bond acceptors (Lipinski definition) is 4. The number of methoxy groups -OCH3 is 1. The van der Waals surface area contributed by atoms with E-state index in [1.807, 2.05) is 44.2 Å². The summed E-state index contributed by atoms with van der Waals surface area (Å²) in [6.45, 7) is 5.76. The first-order valence-electron chi connectivity index (χ1n) is 9.25. The lowest BCUT2D eigenvalue weighted by molar-refractivity contribution is -0.131. The highest BCUT2D eigenvalue weighted by Crippen LogP contribution is 2.22. The van der Waals surface area contributed by atoms with E-state index in [4.69, 9.17) is 12.2 Å². The monoisotopic (exact) mass is 416 g/mol. The molecule has 0 radical (unpaired) electrons. The van der Waals surface area contributed by atoms with Crippen LogP contribution in [-0.4, -0.2) is 34.9 Å². The first-order valence-corrected chi connectivity index (χ1v) is 9.65. The van der Waals surface area contributed by atoms with Crippen LogP contribution in [0.25, 0.3) is 0 Å². The van der Waals surface area contributed by atoms with Gasteiger partial charge < -0.3 is 15.0 Å². The van der Waals surface area contributed by atoms with E-state index < -0.39 is 17.8 Å². The van der Waals surface area contributed by atoms with E-state index in [0.29, 0.717) is 11.5 Å². The number of benzene rings is 2. The zero-order valence-corrected chi connectivity index (χ0v) is 17.8. The summed E-state index contributed by atoms with van der Waals surface area (Å²) in [7, 11) is 1.19. The van der Waals surface area contributed by atoms with E-state index in [2.05, 4.69) is 10.1 Å². The normalized spacial score (nSPS) is 11.7. The smallest absolute Gasteiger partial charge is 0.340 e. The Morgan fingerprint density at radius 1 is 1.14 bits per heavy atom. The van der Waals surface area contributed by atoms with Crippen LogP contribution < -0.4 is 5.32 Å². The predicted octanol–water partition coefficient (Wildman–Crippen LogP) is 4.42. The van der Waals surface area contributed by atoms with Crippen LogP contribution >= 0.6 is 12.2 Å². The minimum atomic E-state index is -0.771. The number of anilines is 1. The average molecular weight is 417 g/mol. The van der Waals surface area contributed by atoms with Gasteiger partial charge >= 0.3 is 5.97 Å². The lowest BCUT2D eigenvalue weighted by Gasteiger charge is -2.34. The standard InChI is InChI=1S/C22H25FN2O3S/c1-14(2)20(25(15(3)26)13-16-9-6-5-7-10-16)21(29)24-18-12-8-11-17(19(18)23)22(27)28-4/h5-12,14,20H,13H2,1-4H3,(H,24,29). The fourth-order valence-electron chi connectivity index (χ4n) is 3.09. The Kier molecular flexibility index (Phi) is 7.84. The van der Waals surface area contributed by atoms with Crippen molar-refractivity contribution in [2.45, 2.75) is 33.4 Å². The van der Waals surface area contributed by atoms with Gasteiger partial charge in [-0.1, -0.05) is 62.5 Å². The Morgan fingerprint density at radius 3 is 2.34 bits per heavy atom. The topological polar surface area (TPSA) is 58.6 Å².